The highest BCUT2D eigenvalue weighted by molar-refractivity contribution is 5.84. The number of aliphatic hydroxyl groups is 1. The number of fused-ring (bicyclic) bond motifs is 1. The number of aromatic nitrogens is 1. The molecule has 0 amide bonds. The van der Waals surface area contributed by atoms with Gasteiger partial charge in [0.2, 0.25) is 0 Å². The highest BCUT2D eigenvalue weighted by Crippen LogP contribution is 2.29. The zero-order valence-corrected chi connectivity index (χ0v) is 9.54. The quantitative estimate of drug-likeness (QED) is 0.860. The van der Waals surface area contributed by atoms with Gasteiger partial charge in [0.25, 0.3) is 0 Å². The van der Waals surface area contributed by atoms with Gasteiger partial charge in [-0.05, 0) is 43.5 Å². The fourth-order valence-electron chi connectivity index (χ4n) is 2.38. The molecule has 17 heavy (non-hydrogen) atoms. The van der Waals surface area contributed by atoms with Crippen LogP contribution in [0, 0.1) is 0 Å². The van der Waals surface area contributed by atoms with Crippen molar-refractivity contribution in [1.29, 1.82) is 0 Å². The third kappa shape index (κ3) is 1.98. The molecule has 0 bridgehead atoms. The van der Waals surface area contributed by atoms with Gasteiger partial charge < -0.3 is 9.84 Å². The van der Waals surface area contributed by atoms with Crippen molar-refractivity contribution in [2.24, 2.45) is 0 Å². The second-order valence-electron chi connectivity index (χ2n) is 4.48. The largest absolute Gasteiger partial charge is 0.487 e. The van der Waals surface area contributed by atoms with Crippen LogP contribution in [0.3, 0.4) is 0 Å². The Morgan fingerprint density at radius 1 is 1.18 bits per heavy atom. The minimum absolute atomic E-state index is 0.0687. The number of rotatable bonds is 2. The fraction of sp³-hybridized carbons (Fsp3) is 0.357. The van der Waals surface area contributed by atoms with Crippen LogP contribution in [-0.4, -0.2) is 22.3 Å². The summed E-state index contributed by atoms with van der Waals surface area (Å²) in [6.45, 7) is 0. The number of benzene rings is 1. The van der Waals surface area contributed by atoms with Crippen molar-refractivity contribution in [2.75, 3.05) is 0 Å². The van der Waals surface area contributed by atoms with E-state index in [0.717, 1.165) is 35.9 Å². The molecule has 1 aromatic heterocycles. The number of pyridine rings is 1. The first-order valence-electron chi connectivity index (χ1n) is 6.03. The molecule has 0 saturated heterocycles. The van der Waals surface area contributed by atoms with Gasteiger partial charge in [0.15, 0.2) is 0 Å². The summed E-state index contributed by atoms with van der Waals surface area (Å²) >= 11 is 0. The second kappa shape index (κ2) is 4.34. The lowest BCUT2D eigenvalue weighted by atomic mass is 10.2. The van der Waals surface area contributed by atoms with E-state index in [2.05, 4.69) is 4.98 Å². The lowest BCUT2D eigenvalue weighted by Gasteiger charge is -2.18. The lowest BCUT2D eigenvalue weighted by molar-refractivity contribution is 0.0614. The Morgan fingerprint density at radius 2 is 2.12 bits per heavy atom. The molecule has 1 fully saturated rings. The molecular formula is C14H15NO2. The van der Waals surface area contributed by atoms with Crippen LogP contribution < -0.4 is 4.74 Å². The monoisotopic (exact) mass is 229 g/mol. The summed E-state index contributed by atoms with van der Waals surface area (Å²) in [5, 5.41) is 10.8. The molecule has 0 unspecified atom stereocenters. The third-order valence-corrected chi connectivity index (χ3v) is 3.30. The van der Waals surface area contributed by atoms with Crippen LogP contribution in [0.25, 0.3) is 10.9 Å². The predicted octanol–water partition coefficient (Wildman–Crippen LogP) is 2.53. The van der Waals surface area contributed by atoms with E-state index in [4.69, 9.17) is 4.74 Å². The Kier molecular flexibility index (Phi) is 2.69. The van der Waals surface area contributed by atoms with Crippen LogP contribution in [0.1, 0.15) is 19.3 Å². The van der Waals surface area contributed by atoms with E-state index in [-0.39, 0.29) is 12.2 Å². The van der Waals surface area contributed by atoms with E-state index in [0.29, 0.717) is 0 Å². The Labute approximate surface area is 100 Å². The van der Waals surface area contributed by atoms with E-state index in [1.54, 1.807) is 6.20 Å². The molecular weight excluding hydrogens is 214 g/mol. The van der Waals surface area contributed by atoms with E-state index in [1.165, 1.54) is 0 Å². The van der Waals surface area contributed by atoms with Crippen molar-refractivity contribution in [2.45, 2.75) is 31.5 Å². The average Bonchev–Trinajstić information content (AvgIpc) is 2.76. The van der Waals surface area contributed by atoms with Gasteiger partial charge in [-0.2, -0.15) is 0 Å². The van der Waals surface area contributed by atoms with Crippen LogP contribution >= 0.6 is 0 Å². The summed E-state index contributed by atoms with van der Waals surface area (Å²) in [6, 6.07) is 9.74. The number of nitrogens with zero attached hydrogens (tertiary/aromatic N) is 1. The Bertz CT molecular complexity index is 521. The standard InChI is InChI=1S/C14H15NO2/c16-12-6-2-8-14(12)17-13-7-1-5-11-10(13)4-3-9-15-11/h1,3-5,7,9,12,14,16H,2,6,8H2/t12-,14-/m0/s1. The van der Waals surface area contributed by atoms with Crippen molar-refractivity contribution in [3.8, 4) is 5.75 Å². The van der Waals surface area contributed by atoms with Gasteiger partial charge in [-0.15, -0.1) is 0 Å². The van der Waals surface area contributed by atoms with Crippen LogP contribution in [0.5, 0.6) is 5.75 Å². The number of hydrogen-bond donors (Lipinski definition) is 1. The highest BCUT2D eigenvalue weighted by Gasteiger charge is 2.27. The summed E-state index contributed by atoms with van der Waals surface area (Å²) in [7, 11) is 0. The minimum Gasteiger partial charge on any atom is -0.487 e. The van der Waals surface area contributed by atoms with E-state index in [9.17, 15) is 5.11 Å². The van der Waals surface area contributed by atoms with Gasteiger partial charge in [0.1, 0.15) is 11.9 Å². The SMILES string of the molecule is O[C@H]1CCC[C@@H]1Oc1cccc2ncccc12. The number of aliphatic hydroxyl groups excluding tert-OH is 1. The van der Waals surface area contributed by atoms with Crippen LogP contribution in [-0.2, 0) is 0 Å². The normalized spacial score (nSPS) is 24.1. The Morgan fingerprint density at radius 3 is 2.94 bits per heavy atom. The molecule has 1 heterocycles. The highest BCUT2D eigenvalue weighted by atomic mass is 16.5. The van der Waals surface area contributed by atoms with Gasteiger partial charge in [0, 0.05) is 11.6 Å². The molecule has 2 aromatic rings. The van der Waals surface area contributed by atoms with E-state index < -0.39 is 0 Å². The summed E-state index contributed by atoms with van der Waals surface area (Å²) in [4.78, 5) is 4.29. The molecule has 1 aliphatic carbocycles. The first kappa shape index (κ1) is 10.5. The van der Waals surface area contributed by atoms with E-state index >= 15 is 0 Å². The molecule has 1 saturated carbocycles. The first-order valence-corrected chi connectivity index (χ1v) is 6.03. The molecule has 0 spiro atoms. The maximum absolute atomic E-state index is 9.78. The maximum Gasteiger partial charge on any atom is 0.129 e. The third-order valence-electron chi connectivity index (χ3n) is 3.30. The summed E-state index contributed by atoms with van der Waals surface area (Å²) in [5.74, 6) is 0.821. The smallest absolute Gasteiger partial charge is 0.129 e. The molecule has 1 aliphatic rings. The summed E-state index contributed by atoms with van der Waals surface area (Å²) in [6.07, 6.45) is 4.18. The summed E-state index contributed by atoms with van der Waals surface area (Å²) in [5.41, 5.74) is 0.928. The predicted molar refractivity (Wildman–Crippen MR) is 66.0 cm³/mol. The van der Waals surface area contributed by atoms with Crippen molar-refractivity contribution >= 4 is 10.9 Å². The van der Waals surface area contributed by atoms with E-state index in [1.807, 2.05) is 30.3 Å². The van der Waals surface area contributed by atoms with Crippen LogP contribution in [0.4, 0.5) is 0 Å². The molecule has 3 nitrogen and oxygen atoms in total. The average molecular weight is 229 g/mol. The van der Waals surface area contributed by atoms with Gasteiger partial charge in [-0.3, -0.25) is 4.98 Å². The van der Waals surface area contributed by atoms with Crippen molar-refractivity contribution in [3.05, 3.63) is 36.5 Å². The first-order chi connectivity index (χ1) is 8.34. The zero-order chi connectivity index (χ0) is 11.7. The molecule has 3 rings (SSSR count). The molecule has 1 aromatic carbocycles. The molecule has 0 radical (unpaired) electrons. The topological polar surface area (TPSA) is 42.4 Å². The Hall–Kier alpha value is -1.61. The zero-order valence-electron chi connectivity index (χ0n) is 9.54. The van der Waals surface area contributed by atoms with Crippen molar-refractivity contribution < 1.29 is 9.84 Å². The van der Waals surface area contributed by atoms with Gasteiger partial charge in [0.05, 0.1) is 11.6 Å². The molecule has 1 N–H and O–H groups in total. The van der Waals surface area contributed by atoms with Crippen LogP contribution in [0.2, 0.25) is 0 Å². The second-order valence-corrected chi connectivity index (χ2v) is 4.48. The molecule has 2 atom stereocenters. The Balaban J connectivity index is 1.94. The van der Waals surface area contributed by atoms with Gasteiger partial charge in [-0.1, -0.05) is 6.07 Å². The molecule has 88 valence electrons. The maximum atomic E-state index is 9.78. The minimum atomic E-state index is -0.332. The van der Waals surface area contributed by atoms with Gasteiger partial charge >= 0.3 is 0 Å². The van der Waals surface area contributed by atoms with Crippen molar-refractivity contribution in [3.63, 3.8) is 0 Å². The lowest BCUT2D eigenvalue weighted by Crippen LogP contribution is -2.25. The number of hydrogen-bond acceptors (Lipinski definition) is 3. The molecule has 3 heteroatoms. The number of ether oxygens (including phenoxy) is 1. The molecule has 0 aliphatic heterocycles. The fourth-order valence-corrected chi connectivity index (χ4v) is 2.38. The van der Waals surface area contributed by atoms with Crippen molar-refractivity contribution in [1.82, 2.24) is 4.98 Å². The van der Waals surface area contributed by atoms with Gasteiger partial charge in [-0.25, -0.2) is 0 Å². The summed E-state index contributed by atoms with van der Waals surface area (Å²) < 4.78 is 5.91. The van der Waals surface area contributed by atoms with Crippen LogP contribution in [0.15, 0.2) is 36.5 Å².